The normalized spacial score (nSPS) is 23.4. The van der Waals surface area contributed by atoms with Crippen molar-refractivity contribution in [2.75, 3.05) is 27.3 Å². The summed E-state index contributed by atoms with van der Waals surface area (Å²) in [6, 6.07) is 8.92. The molecule has 0 spiro atoms. The number of benzene rings is 1. The summed E-state index contributed by atoms with van der Waals surface area (Å²) in [5.74, 6) is 0. The second-order valence-corrected chi connectivity index (χ2v) is 5.06. The van der Waals surface area contributed by atoms with Gasteiger partial charge in [0, 0.05) is 25.7 Å². The number of nitrogens with one attached hydrogen (secondary N) is 1. The summed E-state index contributed by atoms with van der Waals surface area (Å²) in [5.41, 5.74) is 3.35. The first-order chi connectivity index (χ1) is 8.32. The van der Waals surface area contributed by atoms with Gasteiger partial charge in [0.15, 0.2) is 0 Å². The van der Waals surface area contributed by atoms with E-state index in [-0.39, 0.29) is 5.41 Å². The monoisotopic (exact) mass is 233 g/mol. The summed E-state index contributed by atoms with van der Waals surface area (Å²) in [6.45, 7) is 1.89. The maximum atomic E-state index is 5.30. The predicted molar refractivity (Wildman–Crippen MR) is 71.5 cm³/mol. The molecule has 94 valence electrons. The Morgan fingerprint density at radius 2 is 2.18 bits per heavy atom. The van der Waals surface area contributed by atoms with Crippen LogP contribution >= 0.6 is 0 Å². The minimum Gasteiger partial charge on any atom is -0.385 e. The van der Waals surface area contributed by atoms with Crippen LogP contribution in [0, 0.1) is 0 Å². The highest BCUT2D eigenvalue weighted by Crippen LogP contribution is 2.39. The average Bonchev–Trinajstić information content (AvgIpc) is 2.37. The molecule has 0 radical (unpaired) electrons. The van der Waals surface area contributed by atoms with E-state index in [1.54, 1.807) is 7.11 Å². The molecule has 1 aromatic carbocycles. The van der Waals surface area contributed by atoms with Gasteiger partial charge in [-0.3, -0.25) is 0 Å². The molecular formula is C15H23NO. The molecule has 0 saturated heterocycles. The molecule has 0 amide bonds. The van der Waals surface area contributed by atoms with Crippen LogP contribution in [0.3, 0.4) is 0 Å². The molecule has 1 aromatic rings. The first-order valence-electron chi connectivity index (χ1n) is 6.54. The van der Waals surface area contributed by atoms with Crippen molar-refractivity contribution in [3.63, 3.8) is 0 Å². The Morgan fingerprint density at radius 1 is 1.35 bits per heavy atom. The van der Waals surface area contributed by atoms with Crippen LogP contribution in [0.25, 0.3) is 0 Å². The summed E-state index contributed by atoms with van der Waals surface area (Å²) in [4.78, 5) is 0. The van der Waals surface area contributed by atoms with Gasteiger partial charge in [-0.15, -0.1) is 0 Å². The highest BCUT2D eigenvalue weighted by Gasteiger charge is 2.35. The van der Waals surface area contributed by atoms with E-state index in [9.17, 15) is 0 Å². The molecule has 0 fully saturated rings. The molecule has 2 nitrogen and oxygen atoms in total. The van der Waals surface area contributed by atoms with E-state index in [1.807, 2.05) is 7.05 Å². The highest BCUT2D eigenvalue weighted by molar-refractivity contribution is 5.37. The number of ether oxygens (including phenoxy) is 1. The Kier molecular flexibility index (Phi) is 4.19. The topological polar surface area (TPSA) is 21.3 Å². The Hall–Kier alpha value is -0.860. The quantitative estimate of drug-likeness (QED) is 0.844. The van der Waals surface area contributed by atoms with Gasteiger partial charge >= 0.3 is 0 Å². The number of fused-ring (bicyclic) bond motifs is 1. The second kappa shape index (κ2) is 5.65. The Morgan fingerprint density at radius 3 is 2.94 bits per heavy atom. The van der Waals surface area contributed by atoms with E-state index in [4.69, 9.17) is 4.74 Å². The van der Waals surface area contributed by atoms with Crippen LogP contribution in [0.4, 0.5) is 0 Å². The van der Waals surface area contributed by atoms with Crippen molar-refractivity contribution in [1.29, 1.82) is 0 Å². The fourth-order valence-electron chi connectivity index (χ4n) is 3.18. The minimum atomic E-state index is 0.277. The molecule has 2 rings (SSSR count). The van der Waals surface area contributed by atoms with E-state index >= 15 is 0 Å². The van der Waals surface area contributed by atoms with E-state index in [1.165, 1.54) is 30.4 Å². The van der Waals surface area contributed by atoms with Gasteiger partial charge < -0.3 is 10.1 Å². The number of aryl methyl sites for hydroxylation is 1. The average molecular weight is 233 g/mol. The van der Waals surface area contributed by atoms with Crippen LogP contribution in [0.2, 0.25) is 0 Å². The Bertz CT molecular complexity index is 364. The Balaban J connectivity index is 2.32. The number of rotatable bonds is 5. The number of likely N-dealkylation sites (N-methyl/N-ethyl adjacent to an activating group) is 1. The SMILES string of the molecule is CNCC1(CCOC)CCCc2ccccc21. The highest BCUT2D eigenvalue weighted by atomic mass is 16.5. The van der Waals surface area contributed by atoms with Crippen molar-refractivity contribution in [3.05, 3.63) is 35.4 Å². The molecule has 1 aliphatic carbocycles. The summed E-state index contributed by atoms with van der Waals surface area (Å²) in [5, 5.41) is 3.37. The van der Waals surface area contributed by atoms with Crippen molar-refractivity contribution in [1.82, 2.24) is 5.32 Å². The van der Waals surface area contributed by atoms with Gasteiger partial charge in [0.05, 0.1) is 0 Å². The molecule has 1 atom stereocenters. The van der Waals surface area contributed by atoms with Gasteiger partial charge in [-0.05, 0) is 43.9 Å². The van der Waals surface area contributed by atoms with Crippen molar-refractivity contribution in [2.45, 2.75) is 31.1 Å². The summed E-state index contributed by atoms with van der Waals surface area (Å²) in [6.07, 6.45) is 4.91. The maximum Gasteiger partial charge on any atom is 0.0471 e. The molecule has 1 unspecified atom stereocenters. The lowest BCUT2D eigenvalue weighted by Gasteiger charge is -2.39. The lowest BCUT2D eigenvalue weighted by molar-refractivity contribution is 0.158. The molecule has 0 aliphatic heterocycles. The standard InChI is InChI=1S/C15H23NO/c1-16-12-15(10-11-17-2)9-5-7-13-6-3-4-8-14(13)15/h3-4,6,8,16H,5,7,9-12H2,1-2H3. The third kappa shape index (κ3) is 2.53. The van der Waals surface area contributed by atoms with Crippen molar-refractivity contribution < 1.29 is 4.74 Å². The second-order valence-electron chi connectivity index (χ2n) is 5.06. The zero-order valence-electron chi connectivity index (χ0n) is 11.0. The van der Waals surface area contributed by atoms with E-state index in [0.29, 0.717) is 0 Å². The smallest absolute Gasteiger partial charge is 0.0471 e. The first-order valence-corrected chi connectivity index (χ1v) is 6.54. The lowest BCUT2D eigenvalue weighted by Crippen LogP contribution is -2.40. The zero-order valence-corrected chi connectivity index (χ0v) is 11.0. The van der Waals surface area contributed by atoms with Gasteiger partial charge in [-0.1, -0.05) is 24.3 Å². The maximum absolute atomic E-state index is 5.30. The van der Waals surface area contributed by atoms with Gasteiger partial charge in [0.1, 0.15) is 0 Å². The van der Waals surface area contributed by atoms with Gasteiger partial charge in [0.25, 0.3) is 0 Å². The van der Waals surface area contributed by atoms with Gasteiger partial charge in [-0.25, -0.2) is 0 Å². The van der Waals surface area contributed by atoms with Crippen LogP contribution in [-0.4, -0.2) is 27.3 Å². The number of methoxy groups -OCH3 is 1. The summed E-state index contributed by atoms with van der Waals surface area (Å²) >= 11 is 0. The Labute approximate surface area is 104 Å². The first kappa shape index (κ1) is 12.6. The summed E-state index contributed by atoms with van der Waals surface area (Å²) in [7, 11) is 3.84. The summed E-state index contributed by atoms with van der Waals surface area (Å²) < 4.78 is 5.30. The van der Waals surface area contributed by atoms with Crippen molar-refractivity contribution in [2.24, 2.45) is 0 Å². The fourth-order valence-corrected chi connectivity index (χ4v) is 3.18. The molecule has 2 heteroatoms. The fraction of sp³-hybridized carbons (Fsp3) is 0.600. The number of hydrogen-bond acceptors (Lipinski definition) is 2. The van der Waals surface area contributed by atoms with Crippen molar-refractivity contribution in [3.8, 4) is 0 Å². The molecule has 1 aliphatic rings. The largest absolute Gasteiger partial charge is 0.385 e. The minimum absolute atomic E-state index is 0.277. The number of hydrogen-bond donors (Lipinski definition) is 1. The molecule has 0 saturated carbocycles. The lowest BCUT2D eigenvalue weighted by atomic mass is 9.68. The molecule has 0 aromatic heterocycles. The van der Waals surface area contributed by atoms with Crippen molar-refractivity contribution >= 4 is 0 Å². The third-order valence-electron chi connectivity index (χ3n) is 3.99. The van der Waals surface area contributed by atoms with Crippen LogP contribution in [0.15, 0.2) is 24.3 Å². The van der Waals surface area contributed by atoms with Crippen LogP contribution in [-0.2, 0) is 16.6 Å². The predicted octanol–water partition coefficient (Wildman–Crippen LogP) is 2.52. The molecular weight excluding hydrogens is 210 g/mol. The molecule has 0 bridgehead atoms. The molecule has 0 heterocycles. The molecule has 1 N–H and O–H groups in total. The van der Waals surface area contributed by atoms with E-state index in [2.05, 4.69) is 29.6 Å². The van der Waals surface area contributed by atoms with E-state index < -0.39 is 0 Å². The molecule has 17 heavy (non-hydrogen) atoms. The van der Waals surface area contributed by atoms with E-state index in [0.717, 1.165) is 19.6 Å². The van der Waals surface area contributed by atoms with Crippen LogP contribution in [0.5, 0.6) is 0 Å². The zero-order chi connectivity index (χ0) is 12.1. The van der Waals surface area contributed by atoms with Gasteiger partial charge in [-0.2, -0.15) is 0 Å². The van der Waals surface area contributed by atoms with Crippen LogP contribution in [0.1, 0.15) is 30.4 Å². The van der Waals surface area contributed by atoms with Gasteiger partial charge in [0.2, 0.25) is 0 Å². The van der Waals surface area contributed by atoms with Crippen LogP contribution < -0.4 is 5.32 Å². The third-order valence-corrected chi connectivity index (χ3v) is 3.99.